The first-order chi connectivity index (χ1) is 7.34. The summed E-state index contributed by atoms with van der Waals surface area (Å²) in [5.41, 5.74) is 3.04. The summed E-state index contributed by atoms with van der Waals surface area (Å²) in [4.78, 5) is 0. The number of fused-ring (bicyclic) bond motifs is 1. The SMILES string of the molecule is Cc1cccc2c1N(S(C)(=O)=O)C(C)C2C. The highest BCUT2D eigenvalue weighted by Crippen LogP contribution is 2.43. The van der Waals surface area contributed by atoms with Crippen molar-refractivity contribution >= 4 is 15.7 Å². The van der Waals surface area contributed by atoms with Crippen LogP contribution >= 0.6 is 0 Å². The van der Waals surface area contributed by atoms with E-state index >= 15 is 0 Å². The highest BCUT2D eigenvalue weighted by molar-refractivity contribution is 7.92. The molecule has 0 aliphatic carbocycles. The third-order valence-corrected chi connectivity index (χ3v) is 4.66. The molecule has 0 spiro atoms. The summed E-state index contributed by atoms with van der Waals surface area (Å²) in [7, 11) is -3.19. The molecule has 4 heteroatoms. The average Bonchev–Trinajstić information content (AvgIpc) is 2.42. The fraction of sp³-hybridized carbons (Fsp3) is 0.500. The van der Waals surface area contributed by atoms with E-state index < -0.39 is 10.0 Å². The van der Waals surface area contributed by atoms with Gasteiger partial charge in [-0.1, -0.05) is 25.1 Å². The van der Waals surface area contributed by atoms with Crippen LogP contribution in [-0.2, 0) is 10.0 Å². The van der Waals surface area contributed by atoms with E-state index in [1.807, 2.05) is 32.0 Å². The molecule has 0 N–H and O–H groups in total. The smallest absolute Gasteiger partial charge is 0.232 e. The van der Waals surface area contributed by atoms with Gasteiger partial charge < -0.3 is 0 Å². The molecule has 1 aliphatic heterocycles. The summed E-state index contributed by atoms with van der Waals surface area (Å²) in [5.74, 6) is 0.254. The molecule has 2 unspecified atom stereocenters. The van der Waals surface area contributed by atoms with Crippen molar-refractivity contribution in [2.75, 3.05) is 10.6 Å². The van der Waals surface area contributed by atoms with E-state index in [-0.39, 0.29) is 12.0 Å². The van der Waals surface area contributed by atoms with Gasteiger partial charge in [0.1, 0.15) is 0 Å². The van der Waals surface area contributed by atoms with Crippen molar-refractivity contribution in [3.63, 3.8) is 0 Å². The van der Waals surface area contributed by atoms with Crippen molar-refractivity contribution in [2.24, 2.45) is 0 Å². The molecule has 0 fully saturated rings. The Morgan fingerprint density at radius 1 is 1.25 bits per heavy atom. The van der Waals surface area contributed by atoms with Gasteiger partial charge in [-0.15, -0.1) is 0 Å². The summed E-state index contributed by atoms with van der Waals surface area (Å²) in [6.07, 6.45) is 1.28. The third-order valence-electron chi connectivity index (χ3n) is 3.43. The third kappa shape index (κ3) is 1.52. The van der Waals surface area contributed by atoms with Crippen LogP contribution in [0.5, 0.6) is 0 Å². The standard InChI is InChI=1S/C12H17NO2S/c1-8-6-5-7-11-9(2)10(3)13(12(8)11)16(4,14)15/h5-7,9-10H,1-4H3. The average molecular weight is 239 g/mol. The van der Waals surface area contributed by atoms with E-state index in [0.717, 1.165) is 16.8 Å². The number of anilines is 1. The van der Waals surface area contributed by atoms with Gasteiger partial charge in [0.15, 0.2) is 0 Å². The second-order valence-corrected chi connectivity index (χ2v) is 6.46. The van der Waals surface area contributed by atoms with Gasteiger partial charge >= 0.3 is 0 Å². The molecule has 0 amide bonds. The Labute approximate surface area is 97.1 Å². The Bertz CT molecular complexity index is 522. The van der Waals surface area contributed by atoms with E-state index in [0.29, 0.717) is 0 Å². The molecular weight excluding hydrogens is 222 g/mol. The largest absolute Gasteiger partial charge is 0.267 e. The number of benzene rings is 1. The number of hydrogen-bond donors (Lipinski definition) is 0. The first kappa shape index (κ1) is 11.5. The van der Waals surface area contributed by atoms with Crippen LogP contribution in [0.3, 0.4) is 0 Å². The lowest BCUT2D eigenvalue weighted by molar-refractivity contribution is 0.578. The lowest BCUT2D eigenvalue weighted by Gasteiger charge is -2.24. The highest BCUT2D eigenvalue weighted by Gasteiger charge is 2.38. The number of sulfonamides is 1. The topological polar surface area (TPSA) is 37.4 Å². The zero-order valence-corrected chi connectivity index (χ0v) is 10.9. The Balaban J connectivity index is 2.70. The minimum Gasteiger partial charge on any atom is -0.267 e. The zero-order valence-electron chi connectivity index (χ0n) is 10.1. The molecule has 16 heavy (non-hydrogen) atoms. The molecule has 0 radical (unpaired) electrons. The van der Waals surface area contributed by atoms with E-state index in [9.17, 15) is 8.42 Å². The van der Waals surface area contributed by atoms with Crippen LogP contribution in [-0.4, -0.2) is 20.7 Å². The Morgan fingerprint density at radius 3 is 2.44 bits per heavy atom. The normalized spacial score (nSPS) is 24.6. The molecule has 88 valence electrons. The molecule has 0 bridgehead atoms. The maximum atomic E-state index is 11.8. The number of hydrogen-bond acceptors (Lipinski definition) is 2. The van der Waals surface area contributed by atoms with Gasteiger partial charge in [-0.3, -0.25) is 4.31 Å². The zero-order chi connectivity index (χ0) is 12.1. The van der Waals surface area contributed by atoms with Crippen LogP contribution in [0.2, 0.25) is 0 Å². The lowest BCUT2D eigenvalue weighted by atomic mass is 9.97. The van der Waals surface area contributed by atoms with E-state index in [1.54, 1.807) is 4.31 Å². The summed E-state index contributed by atoms with van der Waals surface area (Å²) < 4.78 is 25.2. The minimum absolute atomic E-state index is 0.00565. The fourth-order valence-corrected chi connectivity index (χ4v) is 3.85. The first-order valence-electron chi connectivity index (χ1n) is 5.43. The lowest BCUT2D eigenvalue weighted by Crippen LogP contribution is -2.36. The number of para-hydroxylation sites is 1. The molecule has 0 saturated heterocycles. The Morgan fingerprint density at radius 2 is 1.88 bits per heavy atom. The molecular formula is C12H17NO2S. The van der Waals surface area contributed by atoms with E-state index in [1.165, 1.54) is 6.26 Å². The molecule has 3 nitrogen and oxygen atoms in total. The molecule has 1 aromatic carbocycles. The van der Waals surface area contributed by atoms with Crippen LogP contribution in [0.1, 0.15) is 30.9 Å². The van der Waals surface area contributed by atoms with Crippen molar-refractivity contribution in [3.05, 3.63) is 29.3 Å². The van der Waals surface area contributed by atoms with Crippen LogP contribution in [0.25, 0.3) is 0 Å². The van der Waals surface area contributed by atoms with Gasteiger partial charge in [0.05, 0.1) is 11.9 Å². The number of aryl methyl sites for hydroxylation is 1. The predicted octanol–water partition coefficient (Wildman–Crippen LogP) is 2.27. The van der Waals surface area contributed by atoms with Crippen LogP contribution in [0, 0.1) is 6.92 Å². The molecule has 0 saturated carbocycles. The van der Waals surface area contributed by atoms with Crippen LogP contribution in [0.4, 0.5) is 5.69 Å². The maximum absolute atomic E-state index is 11.8. The Kier molecular flexibility index (Phi) is 2.49. The van der Waals surface area contributed by atoms with Gasteiger partial charge in [-0.25, -0.2) is 8.42 Å². The van der Waals surface area contributed by atoms with Crippen molar-refractivity contribution in [2.45, 2.75) is 32.7 Å². The van der Waals surface area contributed by atoms with Crippen LogP contribution in [0.15, 0.2) is 18.2 Å². The minimum atomic E-state index is -3.19. The van der Waals surface area contributed by atoms with Gasteiger partial charge in [0.25, 0.3) is 0 Å². The van der Waals surface area contributed by atoms with Gasteiger partial charge in [-0.2, -0.15) is 0 Å². The monoisotopic (exact) mass is 239 g/mol. The van der Waals surface area contributed by atoms with Crippen LogP contribution < -0.4 is 4.31 Å². The van der Waals surface area contributed by atoms with Gasteiger partial charge in [0.2, 0.25) is 10.0 Å². The second-order valence-electron chi connectivity index (χ2n) is 4.60. The summed E-state index contributed by atoms with van der Waals surface area (Å²) >= 11 is 0. The second kappa shape index (κ2) is 3.48. The fourth-order valence-electron chi connectivity index (χ4n) is 2.48. The van der Waals surface area contributed by atoms with Crippen molar-refractivity contribution in [1.29, 1.82) is 0 Å². The summed E-state index contributed by atoms with van der Waals surface area (Å²) in [5, 5.41) is 0. The molecule has 2 rings (SSSR count). The first-order valence-corrected chi connectivity index (χ1v) is 7.27. The summed E-state index contributed by atoms with van der Waals surface area (Å²) in [6, 6.07) is 5.98. The predicted molar refractivity (Wildman–Crippen MR) is 66.4 cm³/mol. The number of rotatable bonds is 1. The molecule has 1 aliphatic rings. The quantitative estimate of drug-likeness (QED) is 0.754. The van der Waals surface area contributed by atoms with Gasteiger partial charge in [0, 0.05) is 12.0 Å². The molecule has 1 heterocycles. The molecule has 2 atom stereocenters. The van der Waals surface area contributed by atoms with Crippen molar-refractivity contribution in [1.82, 2.24) is 0 Å². The van der Waals surface area contributed by atoms with E-state index in [4.69, 9.17) is 0 Å². The van der Waals surface area contributed by atoms with E-state index in [2.05, 4.69) is 6.92 Å². The van der Waals surface area contributed by atoms with Gasteiger partial charge in [-0.05, 0) is 25.0 Å². The molecule has 0 aromatic heterocycles. The van der Waals surface area contributed by atoms with Crippen molar-refractivity contribution in [3.8, 4) is 0 Å². The molecule has 1 aromatic rings. The van der Waals surface area contributed by atoms with Crippen molar-refractivity contribution < 1.29 is 8.42 Å². The summed E-state index contributed by atoms with van der Waals surface area (Å²) in [6.45, 7) is 6.00. The Hall–Kier alpha value is -1.03. The highest BCUT2D eigenvalue weighted by atomic mass is 32.2. The number of nitrogens with zero attached hydrogens (tertiary/aromatic N) is 1. The maximum Gasteiger partial charge on any atom is 0.232 e.